The van der Waals surface area contributed by atoms with Gasteiger partial charge in [-0.2, -0.15) is 0 Å². The maximum atomic E-state index is 12.0. The van der Waals surface area contributed by atoms with Crippen molar-refractivity contribution in [2.75, 3.05) is 20.3 Å². The quantitative estimate of drug-likeness (QED) is 0.901. The highest BCUT2D eigenvalue weighted by Crippen LogP contribution is 2.45. The number of amides is 1. The second-order valence-electron chi connectivity index (χ2n) is 4.13. The van der Waals surface area contributed by atoms with Gasteiger partial charge in [-0.05, 0) is 13.0 Å². The number of nitrogens with zero attached hydrogens (tertiary/aromatic N) is 1. The van der Waals surface area contributed by atoms with Crippen LogP contribution in [0, 0.1) is 0 Å². The van der Waals surface area contributed by atoms with Gasteiger partial charge < -0.3 is 14.7 Å². The number of ether oxygens (including phenoxy) is 1. The van der Waals surface area contributed by atoms with Crippen molar-refractivity contribution in [1.29, 1.82) is 0 Å². The molecule has 5 heteroatoms. The first-order valence-electron chi connectivity index (χ1n) is 5.88. The number of β-amino-alcohol motifs (C(OH)–C–C–N with tert-alkyl or cyclic N) is 1. The standard InChI is InChI=1S/C13H17NO3S/c1-9-12(16)14(7-8-15)13(18-9)10-5-3-4-6-11(10)17-2/h3-6,9,13,15H,7-8H2,1-2H3. The molecule has 2 unspecified atom stereocenters. The van der Waals surface area contributed by atoms with Gasteiger partial charge in [0, 0.05) is 12.1 Å². The monoisotopic (exact) mass is 267 g/mol. The van der Waals surface area contributed by atoms with Crippen LogP contribution in [-0.2, 0) is 4.79 Å². The molecule has 18 heavy (non-hydrogen) atoms. The molecule has 98 valence electrons. The zero-order chi connectivity index (χ0) is 13.1. The molecule has 1 saturated heterocycles. The molecule has 1 aliphatic rings. The number of benzene rings is 1. The molecule has 1 aromatic carbocycles. The largest absolute Gasteiger partial charge is 0.496 e. The van der Waals surface area contributed by atoms with Crippen molar-refractivity contribution in [2.24, 2.45) is 0 Å². The van der Waals surface area contributed by atoms with Crippen molar-refractivity contribution in [3.05, 3.63) is 29.8 Å². The molecular formula is C13H17NO3S. The number of para-hydroxylation sites is 1. The summed E-state index contributed by atoms with van der Waals surface area (Å²) in [5.74, 6) is 0.852. The maximum Gasteiger partial charge on any atom is 0.236 e. The number of methoxy groups -OCH3 is 1. The molecule has 1 aliphatic heterocycles. The summed E-state index contributed by atoms with van der Waals surface area (Å²) in [7, 11) is 1.63. The van der Waals surface area contributed by atoms with Crippen LogP contribution >= 0.6 is 11.8 Å². The summed E-state index contributed by atoms with van der Waals surface area (Å²) < 4.78 is 5.34. The van der Waals surface area contributed by atoms with Crippen LogP contribution in [0.5, 0.6) is 5.75 Å². The Labute approximate surface area is 111 Å². The van der Waals surface area contributed by atoms with Gasteiger partial charge in [-0.15, -0.1) is 11.8 Å². The highest BCUT2D eigenvalue weighted by molar-refractivity contribution is 8.01. The second-order valence-corrected chi connectivity index (χ2v) is 5.55. The first-order chi connectivity index (χ1) is 8.69. The maximum absolute atomic E-state index is 12.0. The van der Waals surface area contributed by atoms with E-state index in [0.29, 0.717) is 6.54 Å². The van der Waals surface area contributed by atoms with E-state index in [1.54, 1.807) is 23.8 Å². The van der Waals surface area contributed by atoms with E-state index in [-0.39, 0.29) is 23.1 Å². The minimum Gasteiger partial charge on any atom is -0.496 e. The Hall–Kier alpha value is -1.20. The van der Waals surface area contributed by atoms with Crippen LogP contribution in [0.3, 0.4) is 0 Å². The van der Waals surface area contributed by atoms with Gasteiger partial charge >= 0.3 is 0 Å². The summed E-state index contributed by atoms with van der Waals surface area (Å²) in [6.45, 7) is 2.23. The Morgan fingerprint density at radius 3 is 2.83 bits per heavy atom. The van der Waals surface area contributed by atoms with Gasteiger partial charge in [-0.1, -0.05) is 18.2 Å². The lowest BCUT2D eigenvalue weighted by Crippen LogP contribution is -2.32. The van der Waals surface area contributed by atoms with Crippen LogP contribution in [0.15, 0.2) is 24.3 Å². The van der Waals surface area contributed by atoms with E-state index in [1.807, 2.05) is 31.2 Å². The predicted molar refractivity (Wildman–Crippen MR) is 71.6 cm³/mol. The van der Waals surface area contributed by atoms with E-state index in [2.05, 4.69) is 0 Å². The Morgan fingerprint density at radius 1 is 1.44 bits per heavy atom. The second kappa shape index (κ2) is 5.63. The number of hydrogen-bond donors (Lipinski definition) is 1. The zero-order valence-corrected chi connectivity index (χ0v) is 11.3. The lowest BCUT2D eigenvalue weighted by atomic mass is 10.1. The van der Waals surface area contributed by atoms with E-state index in [0.717, 1.165) is 11.3 Å². The number of aliphatic hydroxyl groups excluding tert-OH is 1. The number of hydrogen-bond acceptors (Lipinski definition) is 4. The molecule has 0 aromatic heterocycles. The first-order valence-corrected chi connectivity index (χ1v) is 6.83. The average Bonchev–Trinajstić information content (AvgIpc) is 2.67. The lowest BCUT2D eigenvalue weighted by molar-refractivity contribution is -0.130. The normalized spacial score (nSPS) is 23.5. The molecule has 0 aliphatic carbocycles. The van der Waals surface area contributed by atoms with E-state index in [4.69, 9.17) is 9.84 Å². The Balaban J connectivity index is 2.33. The van der Waals surface area contributed by atoms with Gasteiger partial charge in [0.1, 0.15) is 11.1 Å². The van der Waals surface area contributed by atoms with Crippen LogP contribution in [0.25, 0.3) is 0 Å². The summed E-state index contributed by atoms with van der Waals surface area (Å²) >= 11 is 1.59. The summed E-state index contributed by atoms with van der Waals surface area (Å²) in [6.07, 6.45) is 0. The molecule has 1 aromatic rings. The van der Waals surface area contributed by atoms with Gasteiger partial charge in [-0.3, -0.25) is 4.79 Å². The summed E-state index contributed by atoms with van der Waals surface area (Å²) in [6, 6.07) is 7.69. The minimum absolute atomic E-state index is 0.0231. The van der Waals surface area contributed by atoms with Crippen LogP contribution < -0.4 is 4.74 Å². The van der Waals surface area contributed by atoms with Crippen molar-refractivity contribution in [1.82, 2.24) is 4.90 Å². The average molecular weight is 267 g/mol. The molecule has 0 saturated carbocycles. The molecule has 0 spiro atoms. The van der Waals surface area contributed by atoms with Gasteiger partial charge in [0.25, 0.3) is 0 Å². The number of carbonyl (C=O) groups is 1. The topological polar surface area (TPSA) is 49.8 Å². The molecule has 1 N–H and O–H groups in total. The molecular weight excluding hydrogens is 250 g/mol. The van der Waals surface area contributed by atoms with Gasteiger partial charge in [0.2, 0.25) is 5.91 Å². The molecule has 2 rings (SSSR count). The Morgan fingerprint density at radius 2 is 2.17 bits per heavy atom. The van der Waals surface area contributed by atoms with Crippen LogP contribution in [-0.4, -0.2) is 41.4 Å². The SMILES string of the molecule is COc1ccccc1C1SC(C)C(=O)N1CCO. The van der Waals surface area contributed by atoms with Crippen molar-refractivity contribution in [3.8, 4) is 5.75 Å². The molecule has 1 amide bonds. The fraction of sp³-hybridized carbons (Fsp3) is 0.462. The third-order valence-electron chi connectivity index (χ3n) is 2.99. The first kappa shape index (κ1) is 13.2. The van der Waals surface area contributed by atoms with Crippen molar-refractivity contribution in [3.63, 3.8) is 0 Å². The summed E-state index contributed by atoms with van der Waals surface area (Å²) in [5.41, 5.74) is 0.983. The highest BCUT2D eigenvalue weighted by Gasteiger charge is 2.39. The summed E-state index contributed by atoms with van der Waals surface area (Å²) in [4.78, 5) is 13.7. The fourth-order valence-electron chi connectivity index (χ4n) is 2.12. The lowest BCUT2D eigenvalue weighted by Gasteiger charge is -2.24. The van der Waals surface area contributed by atoms with Crippen molar-refractivity contribution in [2.45, 2.75) is 17.5 Å². The third kappa shape index (κ3) is 2.33. The predicted octanol–water partition coefficient (Wildman–Crippen LogP) is 1.65. The van der Waals surface area contributed by atoms with Crippen molar-refractivity contribution < 1.29 is 14.6 Å². The molecule has 1 fully saturated rings. The fourth-order valence-corrected chi connectivity index (χ4v) is 3.46. The minimum atomic E-state index is -0.0773. The van der Waals surface area contributed by atoms with Gasteiger partial charge in [-0.25, -0.2) is 0 Å². The molecule has 2 atom stereocenters. The highest BCUT2D eigenvalue weighted by atomic mass is 32.2. The van der Waals surface area contributed by atoms with E-state index in [1.165, 1.54) is 0 Å². The number of thioether (sulfide) groups is 1. The van der Waals surface area contributed by atoms with Gasteiger partial charge in [0.15, 0.2) is 0 Å². The Bertz CT molecular complexity index is 438. The van der Waals surface area contributed by atoms with Crippen molar-refractivity contribution >= 4 is 17.7 Å². The number of carbonyl (C=O) groups excluding carboxylic acids is 1. The van der Waals surface area contributed by atoms with E-state index in [9.17, 15) is 4.79 Å². The van der Waals surface area contributed by atoms with E-state index >= 15 is 0 Å². The van der Waals surface area contributed by atoms with Crippen LogP contribution in [0.1, 0.15) is 17.9 Å². The van der Waals surface area contributed by atoms with Crippen LogP contribution in [0.2, 0.25) is 0 Å². The Kier molecular flexibility index (Phi) is 4.14. The molecule has 0 radical (unpaired) electrons. The van der Waals surface area contributed by atoms with E-state index < -0.39 is 0 Å². The van der Waals surface area contributed by atoms with Gasteiger partial charge in [0.05, 0.1) is 19.0 Å². The number of aliphatic hydroxyl groups is 1. The summed E-state index contributed by atoms with van der Waals surface area (Å²) in [5, 5.41) is 8.94. The zero-order valence-electron chi connectivity index (χ0n) is 10.5. The third-order valence-corrected chi connectivity index (χ3v) is 4.37. The molecule has 4 nitrogen and oxygen atoms in total. The molecule has 0 bridgehead atoms. The molecule has 1 heterocycles. The number of rotatable bonds is 4. The van der Waals surface area contributed by atoms with Crippen LogP contribution in [0.4, 0.5) is 0 Å². The smallest absolute Gasteiger partial charge is 0.236 e.